The van der Waals surface area contributed by atoms with Crippen molar-refractivity contribution in [3.63, 3.8) is 0 Å². The van der Waals surface area contributed by atoms with Crippen LogP contribution in [0.1, 0.15) is 84.6 Å². The smallest absolute Gasteiger partial charge is 0.303 e. The number of hydrogen-bond acceptors (Lipinski definition) is 9. The molecule has 1 saturated heterocycles. The minimum atomic E-state index is -0.776. The van der Waals surface area contributed by atoms with Gasteiger partial charge in [0, 0.05) is 37.1 Å². The number of carboxylic acid groups (broad SMARTS) is 1. The molecule has 1 aliphatic rings. The van der Waals surface area contributed by atoms with Crippen molar-refractivity contribution in [2.45, 2.75) is 87.9 Å². The van der Waals surface area contributed by atoms with Gasteiger partial charge in [0.05, 0.1) is 18.8 Å². The van der Waals surface area contributed by atoms with Crippen molar-refractivity contribution in [2.75, 3.05) is 5.75 Å². The van der Waals surface area contributed by atoms with Crippen molar-refractivity contribution >= 4 is 35.0 Å². The lowest BCUT2D eigenvalue weighted by Gasteiger charge is -2.36. The number of amides is 1. The standard InChI is InChI=1S/C36H41N3O6S2/c1-24-38-39-36(47-24)46-23-31-20-32(27-16-14-25(22-40)15-17-27)45-35(44-31)30-11-7-10-29(19-30)28-9-6-8-26(18-28)21-37-33(41)12-4-2-3-5-13-34(42)43/h6-11,14-19,31-32,35,40H,2-5,12-13,20-23H2,1H3,(H,37,41)(H,42,43)/t31-,32+,35+/m1/s1. The fraction of sp³-hybridized carbons (Fsp3) is 0.389. The van der Waals surface area contributed by atoms with E-state index in [2.05, 4.69) is 39.8 Å². The van der Waals surface area contributed by atoms with Gasteiger partial charge in [-0.2, -0.15) is 0 Å². The van der Waals surface area contributed by atoms with Crippen LogP contribution in [0.5, 0.6) is 0 Å². The number of benzene rings is 3. The molecular weight excluding hydrogens is 635 g/mol. The molecule has 0 saturated carbocycles. The summed E-state index contributed by atoms with van der Waals surface area (Å²) in [5.74, 6) is -0.0588. The number of carboxylic acids is 1. The van der Waals surface area contributed by atoms with Crippen LogP contribution in [0.15, 0.2) is 77.1 Å². The predicted octanol–water partition coefficient (Wildman–Crippen LogP) is 7.38. The largest absolute Gasteiger partial charge is 0.481 e. The van der Waals surface area contributed by atoms with Gasteiger partial charge in [0.15, 0.2) is 10.6 Å². The maximum atomic E-state index is 12.4. The maximum absolute atomic E-state index is 12.4. The van der Waals surface area contributed by atoms with Gasteiger partial charge in [0.1, 0.15) is 5.01 Å². The molecule has 5 rings (SSSR count). The molecule has 0 spiro atoms. The van der Waals surface area contributed by atoms with Crippen LogP contribution in [0.3, 0.4) is 0 Å². The summed E-state index contributed by atoms with van der Waals surface area (Å²) in [7, 11) is 0. The molecule has 1 aliphatic heterocycles. The maximum Gasteiger partial charge on any atom is 0.303 e. The number of thioether (sulfide) groups is 1. The van der Waals surface area contributed by atoms with E-state index in [1.165, 1.54) is 0 Å². The molecule has 1 amide bonds. The second-order valence-electron chi connectivity index (χ2n) is 11.7. The second-order valence-corrected chi connectivity index (χ2v) is 14.1. The number of aryl methyl sites for hydroxylation is 1. The van der Waals surface area contributed by atoms with Gasteiger partial charge in [-0.15, -0.1) is 10.2 Å². The minimum absolute atomic E-state index is 0.00300. The first kappa shape index (κ1) is 34.7. The van der Waals surface area contributed by atoms with Crippen LogP contribution < -0.4 is 5.32 Å². The number of aliphatic hydroxyl groups is 1. The number of nitrogens with one attached hydrogen (secondary N) is 1. The Labute approximate surface area is 283 Å². The van der Waals surface area contributed by atoms with E-state index >= 15 is 0 Å². The van der Waals surface area contributed by atoms with Crippen molar-refractivity contribution in [3.8, 4) is 11.1 Å². The summed E-state index contributed by atoms with van der Waals surface area (Å²) in [5.41, 5.74) is 5.87. The van der Waals surface area contributed by atoms with Gasteiger partial charge < -0.3 is 25.0 Å². The first-order chi connectivity index (χ1) is 22.9. The summed E-state index contributed by atoms with van der Waals surface area (Å²) < 4.78 is 14.0. The topological polar surface area (TPSA) is 131 Å². The molecule has 1 aromatic heterocycles. The molecular formula is C36H41N3O6S2. The Kier molecular flexibility index (Phi) is 12.9. The number of rotatable bonds is 16. The Morgan fingerprint density at radius 1 is 0.894 bits per heavy atom. The lowest BCUT2D eigenvalue weighted by molar-refractivity contribution is -0.245. The summed E-state index contributed by atoms with van der Waals surface area (Å²) in [6, 6.07) is 24.2. The van der Waals surface area contributed by atoms with Crippen molar-refractivity contribution in [3.05, 3.63) is 100 Å². The number of carbonyl (C=O) groups excluding carboxylic acids is 1. The van der Waals surface area contributed by atoms with Gasteiger partial charge >= 0.3 is 5.97 Å². The molecule has 4 aromatic rings. The highest BCUT2D eigenvalue weighted by atomic mass is 32.2. The third-order valence-corrected chi connectivity index (χ3v) is 10.1. The number of aliphatic hydroxyl groups excluding tert-OH is 1. The number of nitrogens with zero attached hydrogens (tertiary/aromatic N) is 2. The number of hydrogen-bond donors (Lipinski definition) is 3. The first-order valence-electron chi connectivity index (χ1n) is 16.0. The number of carbonyl (C=O) groups is 2. The van der Waals surface area contributed by atoms with Gasteiger partial charge in [-0.1, -0.05) is 96.6 Å². The van der Waals surface area contributed by atoms with Crippen LogP contribution in [0.2, 0.25) is 0 Å². The van der Waals surface area contributed by atoms with Gasteiger partial charge in [-0.05, 0) is 59.7 Å². The van der Waals surface area contributed by atoms with Gasteiger partial charge in [-0.3, -0.25) is 9.59 Å². The highest BCUT2D eigenvalue weighted by Crippen LogP contribution is 2.40. The number of aliphatic carboxylic acids is 1. The third kappa shape index (κ3) is 10.7. The summed E-state index contributed by atoms with van der Waals surface area (Å²) in [4.78, 5) is 23.0. The van der Waals surface area contributed by atoms with Crippen LogP contribution >= 0.6 is 23.1 Å². The number of unbranched alkanes of at least 4 members (excludes halogenated alkanes) is 3. The van der Waals surface area contributed by atoms with Gasteiger partial charge in [0.25, 0.3) is 0 Å². The van der Waals surface area contributed by atoms with Crippen molar-refractivity contribution in [1.82, 2.24) is 15.5 Å². The fourth-order valence-corrected chi connectivity index (χ4v) is 7.31. The minimum Gasteiger partial charge on any atom is -0.481 e. The first-order valence-corrected chi connectivity index (χ1v) is 17.8. The van der Waals surface area contributed by atoms with Crippen LogP contribution in [0.4, 0.5) is 0 Å². The van der Waals surface area contributed by atoms with Crippen LogP contribution in [0, 0.1) is 6.92 Å². The van der Waals surface area contributed by atoms with E-state index in [-0.39, 0.29) is 31.1 Å². The zero-order chi connectivity index (χ0) is 33.0. The average Bonchev–Trinajstić information content (AvgIpc) is 3.52. The van der Waals surface area contributed by atoms with E-state index in [1.54, 1.807) is 23.1 Å². The molecule has 0 unspecified atom stereocenters. The molecule has 0 bridgehead atoms. The second kappa shape index (κ2) is 17.5. The molecule has 0 radical (unpaired) electrons. The highest BCUT2D eigenvalue weighted by Gasteiger charge is 2.32. The lowest BCUT2D eigenvalue weighted by Crippen LogP contribution is -2.31. The normalized spacial score (nSPS) is 17.8. The van der Waals surface area contributed by atoms with E-state index in [0.29, 0.717) is 25.8 Å². The van der Waals surface area contributed by atoms with Gasteiger partial charge in [0.2, 0.25) is 5.91 Å². The molecule has 1 fully saturated rings. The Hall–Kier alpha value is -3.61. The third-order valence-electron chi connectivity index (χ3n) is 7.97. The summed E-state index contributed by atoms with van der Waals surface area (Å²) in [5, 5.41) is 30.6. The van der Waals surface area contributed by atoms with Crippen molar-refractivity contribution in [1.29, 1.82) is 0 Å². The molecule has 2 heterocycles. The SMILES string of the molecule is Cc1nnc(SC[C@H]2C[C@@H](c3ccc(CO)cc3)O[C@@H](c3cccc(-c4cccc(CNC(=O)CCCCCCC(=O)O)c4)c3)O2)s1. The van der Waals surface area contributed by atoms with E-state index in [4.69, 9.17) is 14.6 Å². The number of ether oxygens (including phenoxy) is 2. The zero-order valence-electron chi connectivity index (χ0n) is 26.5. The summed E-state index contributed by atoms with van der Waals surface area (Å²) in [6.45, 7) is 2.38. The van der Waals surface area contributed by atoms with Crippen LogP contribution in [0.25, 0.3) is 11.1 Å². The number of aromatic nitrogens is 2. The van der Waals surface area contributed by atoms with Crippen LogP contribution in [-0.2, 0) is 32.2 Å². The molecule has 47 heavy (non-hydrogen) atoms. The quantitative estimate of drug-likeness (QED) is 0.0822. The van der Waals surface area contributed by atoms with Crippen molar-refractivity contribution in [2.24, 2.45) is 0 Å². The predicted molar refractivity (Wildman–Crippen MR) is 183 cm³/mol. The molecule has 3 atom stereocenters. The Bertz CT molecular complexity index is 1610. The molecule has 11 heteroatoms. The summed E-state index contributed by atoms with van der Waals surface area (Å²) >= 11 is 3.22. The Balaban J connectivity index is 1.23. The Morgan fingerprint density at radius 3 is 2.36 bits per heavy atom. The average molecular weight is 676 g/mol. The van der Waals surface area contributed by atoms with E-state index < -0.39 is 12.3 Å². The molecule has 9 nitrogen and oxygen atoms in total. The molecule has 3 aromatic carbocycles. The Morgan fingerprint density at radius 2 is 1.64 bits per heavy atom. The van der Waals surface area contributed by atoms with E-state index in [0.717, 1.165) is 67.7 Å². The van der Waals surface area contributed by atoms with Crippen LogP contribution in [-0.4, -0.2) is 44.1 Å². The van der Waals surface area contributed by atoms with E-state index in [9.17, 15) is 14.7 Å². The van der Waals surface area contributed by atoms with E-state index in [1.807, 2.05) is 55.5 Å². The molecule has 248 valence electrons. The zero-order valence-corrected chi connectivity index (χ0v) is 28.1. The van der Waals surface area contributed by atoms with Gasteiger partial charge in [-0.25, -0.2) is 0 Å². The molecule has 0 aliphatic carbocycles. The highest BCUT2D eigenvalue weighted by molar-refractivity contribution is 8.01. The lowest BCUT2D eigenvalue weighted by atomic mass is 9.99. The van der Waals surface area contributed by atoms with Crippen molar-refractivity contribution < 1.29 is 29.3 Å². The fourth-order valence-electron chi connectivity index (χ4n) is 5.45. The summed E-state index contributed by atoms with van der Waals surface area (Å²) in [6.07, 6.45) is 3.54. The molecule has 3 N–H and O–H groups in total. The monoisotopic (exact) mass is 675 g/mol.